The maximum Gasteiger partial charge on any atom is 0.266 e. The van der Waals surface area contributed by atoms with E-state index in [2.05, 4.69) is 16.4 Å². The summed E-state index contributed by atoms with van der Waals surface area (Å²) in [5, 5.41) is 12.6. The van der Waals surface area contributed by atoms with Crippen molar-refractivity contribution in [2.24, 2.45) is 0 Å². The van der Waals surface area contributed by atoms with Crippen LogP contribution in [0.25, 0.3) is 16.6 Å². The summed E-state index contributed by atoms with van der Waals surface area (Å²) in [4.78, 5) is 30.8. The van der Waals surface area contributed by atoms with Crippen LogP contribution >= 0.6 is 11.8 Å². The molecule has 8 nitrogen and oxygen atoms in total. The molecule has 1 amide bonds. The molecule has 4 rings (SSSR count). The van der Waals surface area contributed by atoms with E-state index in [1.165, 1.54) is 18.8 Å². The van der Waals surface area contributed by atoms with Crippen molar-refractivity contribution in [3.8, 4) is 23.3 Å². The fraction of sp³-hybridized carbons (Fsp3) is 0.120. The average molecular weight is 473 g/mol. The molecule has 34 heavy (non-hydrogen) atoms. The zero-order valence-corrected chi connectivity index (χ0v) is 19.3. The van der Waals surface area contributed by atoms with E-state index in [9.17, 15) is 9.59 Å². The zero-order chi connectivity index (χ0) is 24.1. The molecule has 1 heterocycles. The van der Waals surface area contributed by atoms with Crippen LogP contribution in [0.15, 0.2) is 76.7 Å². The Kier molecular flexibility index (Phi) is 6.80. The number of anilines is 1. The van der Waals surface area contributed by atoms with Crippen LogP contribution in [-0.4, -0.2) is 35.4 Å². The molecule has 0 atom stereocenters. The molecule has 0 radical (unpaired) electrons. The minimum Gasteiger partial charge on any atom is -0.493 e. The largest absolute Gasteiger partial charge is 0.493 e. The topological polar surface area (TPSA) is 106 Å². The SMILES string of the molecule is COc1ccc(NC(=O)c2ccc3c(=O)n(-c4ccccc4)c(SCC#N)nc3c2)cc1OC. The number of methoxy groups -OCH3 is 2. The highest BCUT2D eigenvalue weighted by Gasteiger charge is 2.16. The van der Waals surface area contributed by atoms with Crippen LogP contribution in [0.4, 0.5) is 5.69 Å². The minimum atomic E-state index is -0.366. The zero-order valence-electron chi connectivity index (χ0n) is 18.4. The molecule has 1 N–H and O–H groups in total. The smallest absolute Gasteiger partial charge is 0.266 e. The lowest BCUT2D eigenvalue weighted by molar-refractivity contribution is 0.102. The Morgan fingerprint density at radius 2 is 1.82 bits per heavy atom. The van der Waals surface area contributed by atoms with Gasteiger partial charge in [0.1, 0.15) is 0 Å². The molecule has 0 aliphatic heterocycles. The van der Waals surface area contributed by atoms with Gasteiger partial charge in [-0.1, -0.05) is 30.0 Å². The molecule has 0 unspecified atom stereocenters. The number of rotatable bonds is 7. The van der Waals surface area contributed by atoms with E-state index < -0.39 is 0 Å². The molecule has 0 bridgehead atoms. The van der Waals surface area contributed by atoms with Gasteiger partial charge in [0.05, 0.1) is 42.6 Å². The van der Waals surface area contributed by atoms with Crippen molar-refractivity contribution in [2.45, 2.75) is 5.16 Å². The summed E-state index contributed by atoms with van der Waals surface area (Å²) in [6.07, 6.45) is 0. The van der Waals surface area contributed by atoms with Crippen molar-refractivity contribution in [3.63, 3.8) is 0 Å². The van der Waals surface area contributed by atoms with Crippen LogP contribution < -0.4 is 20.3 Å². The van der Waals surface area contributed by atoms with Crippen LogP contribution in [0, 0.1) is 11.3 Å². The third kappa shape index (κ3) is 4.58. The quantitative estimate of drug-likeness (QED) is 0.316. The number of ether oxygens (including phenoxy) is 2. The standard InChI is InChI=1S/C25H20N4O4S/c1-32-21-11-9-17(15-22(21)33-2)27-23(30)16-8-10-19-20(14-16)28-25(34-13-12-26)29(24(19)31)18-6-4-3-5-7-18/h3-11,14-15H,13H2,1-2H3,(H,27,30). The average Bonchev–Trinajstić information content (AvgIpc) is 2.87. The molecule has 0 aliphatic carbocycles. The maximum absolute atomic E-state index is 13.3. The summed E-state index contributed by atoms with van der Waals surface area (Å²) >= 11 is 1.16. The van der Waals surface area contributed by atoms with Crippen LogP contribution in [0.5, 0.6) is 11.5 Å². The number of nitrogens with one attached hydrogen (secondary N) is 1. The van der Waals surface area contributed by atoms with E-state index in [0.29, 0.717) is 44.5 Å². The molecule has 0 spiro atoms. The van der Waals surface area contributed by atoms with Gasteiger partial charge in [-0.15, -0.1) is 0 Å². The second kappa shape index (κ2) is 10.1. The number of hydrogen-bond acceptors (Lipinski definition) is 7. The number of fused-ring (bicyclic) bond motifs is 1. The third-order valence-electron chi connectivity index (χ3n) is 5.02. The fourth-order valence-corrected chi connectivity index (χ4v) is 4.10. The highest BCUT2D eigenvalue weighted by molar-refractivity contribution is 7.99. The van der Waals surface area contributed by atoms with E-state index >= 15 is 0 Å². The fourth-order valence-electron chi connectivity index (χ4n) is 3.42. The molecule has 4 aromatic rings. The van der Waals surface area contributed by atoms with Crippen molar-refractivity contribution in [1.29, 1.82) is 5.26 Å². The van der Waals surface area contributed by atoms with E-state index in [1.54, 1.807) is 48.5 Å². The number of amides is 1. The van der Waals surface area contributed by atoms with Gasteiger partial charge in [0.25, 0.3) is 11.5 Å². The number of para-hydroxylation sites is 1. The lowest BCUT2D eigenvalue weighted by Gasteiger charge is -2.13. The van der Waals surface area contributed by atoms with Gasteiger partial charge in [-0.25, -0.2) is 4.98 Å². The molecular weight excluding hydrogens is 452 g/mol. The Labute approximate surface area is 199 Å². The van der Waals surface area contributed by atoms with Gasteiger partial charge in [0, 0.05) is 17.3 Å². The molecule has 0 saturated carbocycles. The molecule has 1 aromatic heterocycles. The van der Waals surface area contributed by atoms with E-state index in [0.717, 1.165) is 11.8 Å². The first-order valence-corrected chi connectivity index (χ1v) is 11.2. The first kappa shape index (κ1) is 22.9. The van der Waals surface area contributed by atoms with Crippen LogP contribution in [0.1, 0.15) is 10.4 Å². The maximum atomic E-state index is 13.3. The number of hydrogen-bond donors (Lipinski definition) is 1. The summed E-state index contributed by atoms with van der Waals surface area (Å²) in [5.74, 6) is 0.799. The number of carbonyl (C=O) groups excluding carboxylic acids is 1. The lowest BCUT2D eigenvalue weighted by Crippen LogP contribution is -2.22. The van der Waals surface area contributed by atoms with Gasteiger partial charge < -0.3 is 14.8 Å². The molecule has 0 saturated heterocycles. The lowest BCUT2D eigenvalue weighted by atomic mass is 10.1. The van der Waals surface area contributed by atoms with Crippen LogP contribution in [-0.2, 0) is 0 Å². The second-order valence-electron chi connectivity index (χ2n) is 7.07. The van der Waals surface area contributed by atoms with Crippen molar-refractivity contribution in [3.05, 3.63) is 82.6 Å². The summed E-state index contributed by atoms with van der Waals surface area (Å²) in [6.45, 7) is 0. The molecule has 9 heteroatoms. The Hall–Kier alpha value is -4.29. The molecule has 0 fully saturated rings. The number of benzene rings is 3. The van der Waals surface area contributed by atoms with Gasteiger partial charge in [-0.3, -0.25) is 14.2 Å². The Morgan fingerprint density at radius 1 is 1.06 bits per heavy atom. The summed E-state index contributed by atoms with van der Waals surface area (Å²) in [5.41, 5.74) is 1.61. The van der Waals surface area contributed by atoms with E-state index in [4.69, 9.17) is 14.7 Å². The summed E-state index contributed by atoms with van der Waals surface area (Å²) in [7, 11) is 3.05. The highest BCUT2D eigenvalue weighted by Crippen LogP contribution is 2.30. The second-order valence-corrected chi connectivity index (χ2v) is 8.02. The van der Waals surface area contributed by atoms with Gasteiger partial charge in [0.15, 0.2) is 16.7 Å². The Bertz CT molecular complexity index is 1460. The Balaban J connectivity index is 1.73. The van der Waals surface area contributed by atoms with Crippen molar-refractivity contribution in [1.82, 2.24) is 9.55 Å². The van der Waals surface area contributed by atoms with Crippen molar-refractivity contribution >= 4 is 34.3 Å². The van der Waals surface area contributed by atoms with Gasteiger partial charge in [0.2, 0.25) is 0 Å². The molecule has 0 aliphatic rings. The molecule has 170 valence electrons. The van der Waals surface area contributed by atoms with Crippen LogP contribution in [0.3, 0.4) is 0 Å². The van der Waals surface area contributed by atoms with E-state index in [1.807, 2.05) is 18.2 Å². The number of thioether (sulfide) groups is 1. The molecular formula is C25H20N4O4S. The first-order valence-electron chi connectivity index (χ1n) is 10.2. The monoisotopic (exact) mass is 472 g/mol. The highest BCUT2D eigenvalue weighted by atomic mass is 32.2. The van der Waals surface area contributed by atoms with Crippen molar-refractivity contribution in [2.75, 3.05) is 25.3 Å². The van der Waals surface area contributed by atoms with E-state index in [-0.39, 0.29) is 17.2 Å². The third-order valence-corrected chi connectivity index (χ3v) is 5.83. The first-order chi connectivity index (χ1) is 16.5. The van der Waals surface area contributed by atoms with Crippen molar-refractivity contribution < 1.29 is 14.3 Å². The predicted octanol–water partition coefficient (Wildman–Crippen LogP) is 4.27. The van der Waals surface area contributed by atoms with Gasteiger partial charge in [-0.05, 0) is 42.5 Å². The number of carbonyl (C=O) groups is 1. The minimum absolute atomic E-state index is 0.129. The normalized spacial score (nSPS) is 10.5. The number of nitriles is 1. The number of nitrogens with zero attached hydrogens (tertiary/aromatic N) is 3. The van der Waals surface area contributed by atoms with Gasteiger partial charge >= 0.3 is 0 Å². The Morgan fingerprint density at radius 3 is 2.53 bits per heavy atom. The molecule has 3 aromatic carbocycles. The summed E-state index contributed by atoms with van der Waals surface area (Å²) in [6, 6.07) is 21.0. The number of aromatic nitrogens is 2. The van der Waals surface area contributed by atoms with Gasteiger partial charge in [-0.2, -0.15) is 5.26 Å². The summed E-state index contributed by atoms with van der Waals surface area (Å²) < 4.78 is 12.0. The predicted molar refractivity (Wildman–Crippen MR) is 131 cm³/mol. The van der Waals surface area contributed by atoms with Crippen LogP contribution in [0.2, 0.25) is 0 Å².